The standard InChI is InChI=1S/C21H22N4O5S2/c1-12-19(14(3)30-24-12)32(28,29)25-11-7-10-16(25)20(27)23-21-22-17(18(31-21)13(2)26)15-8-5-4-6-9-15/h4-6,8-9,16H,7,10-11H2,1-3H3,(H,22,23,27)/t16-/m0/s1. The number of thiazole rings is 1. The highest BCUT2D eigenvalue weighted by atomic mass is 32.2. The van der Waals surface area contributed by atoms with Gasteiger partial charge in [0.1, 0.15) is 16.6 Å². The fourth-order valence-electron chi connectivity index (χ4n) is 3.84. The molecule has 0 aliphatic carbocycles. The Bertz CT molecular complexity index is 1260. The fraction of sp³-hybridized carbons (Fsp3) is 0.333. The minimum Gasteiger partial charge on any atom is -0.360 e. The summed E-state index contributed by atoms with van der Waals surface area (Å²) in [5.41, 5.74) is 1.51. The lowest BCUT2D eigenvalue weighted by Gasteiger charge is -2.22. The van der Waals surface area contributed by atoms with Crippen molar-refractivity contribution in [3.63, 3.8) is 0 Å². The number of Topliss-reactive ketones (excluding diaryl/α,β-unsaturated/α-hetero) is 1. The molecule has 11 heteroatoms. The van der Waals surface area contributed by atoms with Gasteiger partial charge in [-0.15, -0.1) is 0 Å². The van der Waals surface area contributed by atoms with Gasteiger partial charge < -0.3 is 9.84 Å². The Morgan fingerprint density at radius 3 is 2.56 bits per heavy atom. The number of nitrogens with zero attached hydrogens (tertiary/aromatic N) is 3. The molecule has 1 aliphatic heterocycles. The van der Waals surface area contributed by atoms with Crippen molar-refractivity contribution in [3.8, 4) is 11.3 Å². The van der Waals surface area contributed by atoms with Gasteiger partial charge in [-0.25, -0.2) is 13.4 Å². The number of anilines is 1. The Hall–Kier alpha value is -2.89. The van der Waals surface area contributed by atoms with Crippen molar-refractivity contribution in [2.75, 3.05) is 11.9 Å². The van der Waals surface area contributed by atoms with Crippen molar-refractivity contribution in [1.82, 2.24) is 14.4 Å². The molecule has 1 N–H and O–H groups in total. The number of sulfonamides is 1. The topological polar surface area (TPSA) is 122 Å². The highest BCUT2D eigenvalue weighted by molar-refractivity contribution is 7.89. The number of hydrogen-bond donors (Lipinski definition) is 1. The molecule has 2 aromatic heterocycles. The number of carbonyl (C=O) groups is 2. The Morgan fingerprint density at radius 1 is 1.22 bits per heavy atom. The molecule has 1 aliphatic rings. The molecule has 1 aromatic carbocycles. The first-order valence-corrected chi connectivity index (χ1v) is 12.3. The van der Waals surface area contributed by atoms with Crippen LogP contribution in [0.25, 0.3) is 11.3 Å². The quantitative estimate of drug-likeness (QED) is 0.543. The van der Waals surface area contributed by atoms with Crippen LogP contribution < -0.4 is 5.32 Å². The predicted octanol–water partition coefficient (Wildman–Crippen LogP) is 3.41. The van der Waals surface area contributed by atoms with Crippen molar-refractivity contribution in [2.24, 2.45) is 0 Å². The van der Waals surface area contributed by atoms with Crippen molar-refractivity contribution in [3.05, 3.63) is 46.7 Å². The second kappa shape index (κ2) is 8.57. The van der Waals surface area contributed by atoms with Crippen LogP contribution in [0.5, 0.6) is 0 Å². The molecule has 4 rings (SSSR count). The lowest BCUT2D eigenvalue weighted by molar-refractivity contribution is -0.119. The molecule has 1 saturated heterocycles. The first-order valence-electron chi connectivity index (χ1n) is 10.0. The van der Waals surface area contributed by atoms with E-state index in [4.69, 9.17) is 4.52 Å². The number of rotatable bonds is 6. The second-order valence-corrected chi connectivity index (χ2v) is 10.4. The van der Waals surface area contributed by atoms with E-state index in [1.807, 2.05) is 30.3 Å². The number of ketones is 1. The molecule has 32 heavy (non-hydrogen) atoms. The number of hydrogen-bond acceptors (Lipinski definition) is 8. The molecule has 0 radical (unpaired) electrons. The van der Waals surface area contributed by atoms with E-state index in [-0.39, 0.29) is 33.8 Å². The third-order valence-electron chi connectivity index (χ3n) is 5.27. The molecule has 1 amide bonds. The lowest BCUT2D eigenvalue weighted by atomic mass is 10.1. The minimum atomic E-state index is -3.96. The van der Waals surface area contributed by atoms with Crippen LogP contribution in [0.4, 0.5) is 5.13 Å². The molecule has 3 heterocycles. The van der Waals surface area contributed by atoms with Gasteiger partial charge in [-0.1, -0.05) is 46.8 Å². The Labute approximate surface area is 189 Å². The molecular weight excluding hydrogens is 452 g/mol. The van der Waals surface area contributed by atoms with Crippen molar-refractivity contribution >= 4 is 38.2 Å². The van der Waals surface area contributed by atoms with Crippen LogP contribution in [0.3, 0.4) is 0 Å². The zero-order valence-electron chi connectivity index (χ0n) is 17.8. The summed E-state index contributed by atoms with van der Waals surface area (Å²) in [7, 11) is -3.96. The van der Waals surface area contributed by atoms with Crippen molar-refractivity contribution < 1.29 is 22.5 Å². The van der Waals surface area contributed by atoms with E-state index in [0.29, 0.717) is 23.4 Å². The molecule has 9 nitrogen and oxygen atoms in total. The van der Waals surface area contributed by atoms with E-state index < -0.39 is 22.0 Å². The average Bonchev–Trinajstić information content (AvgIpc) is 3.47. The summed E-state index contributed by atoms with van der Waals surface area (Å²) in [4.78, 5) is 30.1. The minimum absolute atomic E-state index is 0.00308. The number of nitrogens with one attached hydrogen (secondary N) is 1. The van der Waals surface area contributed by atoms with Crippen LogP contribution in [0, 0.1) is 13.8 Å². The summed E-state index contributed by atoms with van der Waals surface area (Å²) >= 11 is 1.08. The monoisotopic (exact) mass is 474 g/mol. The number of amides is 1. The van der Waals surface area contributed by atoms with E-state index >= 15 is 0 Å². The first kappa shape index (κ1) is 22.3. The summed E-state index contributed by atoms with van der Waals surface area (Å²) in [6.07, 6.45) is 0.928. The molecule has 0 saturated carbocycles. The zero-order chi connectivity index (χ0) is 23.0. The molecule has 3 aromatic rings. The van der Waals surface area contributed by atoms with Gasteiger partial charge >= 0.3 is 0 Å². The SMILES string of the molecule is CC(=O)c1sc(NC(=O)[C@@H]2CCCN2S(=O)(=O)c2c(C)noc2C)nc1-c1ccccc1. The normalized spacial score (nSPS) is 16.9. The van der Waals surface area contributed by atoms with Crippen LogP contribution in [-0.2, 0) is 14.8 Å². The maximum Gasteiger partial charge on any atom is 0.249 e. The van der Waals surface area contributed by atoms with Crippen molar-refractivity contribution in [1.29, 1.82) is 0 Å². The number of carbonyl (C=O) groups excluding carboxylic acids is 2. The molecule has 1 atom stereocenters. The fourth-order valence-corrected chi connectivity index (χ4v) is 6.68. The Kier molecular flexibility index (Phi) is 5.97. The van der Waals surface area contributed by atoms with E-state index in [9.17, 15) is 18.0 Å². The first-order chi connectivity index (χ1) is 15.2. The maximum absolute atomic E-state index is 13.2. The highest BCUT2D eigenvalue weighted by Crippen LogP contribution is 2.33. The number of benzene rings is 1. The lowest BCUT2D eigenvalue weighted by Crippen LogP contribution is -2.43. The third kappa shape index (κ3) is 3.98. The highest BCUT2D eigenvalue weighted by Gasteiger charge is 2.42. The summed E-state index contributed by atoms with van der Waals surface area (Å²) in [6.45, 7) is 4.75. The van der Waals surface area contributed by atoms with Gasteiger partial charge in [0, 0.05) is 19.0 Å². The molecule has 1 fully saturated rings. The third-order valence-corrected chi connectivity index (χ3v) is 8.49. The number of aromatic nitrogens is 2. The molecule has 0 bridgehead atoms. The molecule has 0 unspecified atom stereocenters. The number of aryl methyl sites for hydroxylation is 2. The predicted molar refractivity (Wildman–Crippen MR) is 119 cm³/mol. The van der Waals surface area contributed by atoms with Gasteiger partial charge in [0.2, 0.25) is 15.9 Å². The molecular formula is C21H22N4O5S2. The van der Waals surface area contributed by atoms with Crippen LogP contribution in [0.2, 0.25) is 0 Å². The largest absolute Gasteiger partial charge is 0.360 e. The van der Waals surface area contributed by atoms with Crippen LogP contribution >= 0.6 is 11.3 Å². The summed E-state index contributed by atoms with van der Waals surface area (Å²) in [5.74, 6) is -0.460. The molecule has 0 spiro atoms. The van der Waals surface area contributed by atoms with Gasteiger partial charge in [-0.05, 0) is 26.7 Å². The van der Waals surface area contributed by atoms with Gasteiger partial charge in [0.25, 0.3) is 0 Å². The van der Waals surface area contributed by atoms with Gasteiger partial charge in [0.05, 0.1) is 10.6 Å². The van der Waals surface area contributed by atoms with Crippen molar-refractivity contribution in [2.45, 2.75) is 44.6 Å². The van der Waals surface area contributed by atoms with Crippen LogP contribution in [0.15, 0.2) is 39.8 Å². The summed E-state index contributed by atoms with van der Waals surface area (Å²) < 4.78 is 32.7. The van der Waals surface area contributed by atoms with Crippen LogP contribution in [-0.4, -0.2) is 47.1 Å². The van der Waals surface area contributed by atoms with Crippen LogP contribution in [0.1, 0.15) is 40.9 Å². The Morgan fingerprint density at radius 2 is 1.94 bits per heavy atom. The van der Waals surface area contributed by atoms with Gasteiger partial charge in [-0.3, -0.25) is 9.59 Å². The van der Waals surface area contributed by atoms with Gasteiger partial charge in [0.15, 0.2) is 16.7 Å². The maximum atomic E-state index is 13.2. The summed E-state index contributed by atoms with van der Waals surface area (Å²) in [6, 6.07) is 8.32. The second-order valence-electron chi connectivity index (χ2n) is 7.54. The van der Waals surface area contributed by atoms with E-state index in [0.717, 1.165) is 16.9 Å². The Balaban J connectivity index is 1.61. The zero-order valence-corrected chi connectivity index (χ0v) is 19.4. The van der Waals surface area contributed by atoms with E-state index in [1.165, 1.54) is 18.2 Å². The molecule has 168 valence electrons. The van der Waals surface area contributed by atoms with E-state index in [2.05, 4.69) is 15.5 Å². The smallest absolute Gasteiger partial charge is 0.249 e. The summed E-state index contributed by atoms with van der Waals surface area (Å²) in [5, 5.41) is 6.70. The average molecular weight is 475 g/mol. The van der Waals surface area contributed by atoms with E-state index in [1.54, 1.807) is 6.92 Å². The van der Waals surface area contributed by atoms with Gasteiger partial charge in [-0.2, -0.15) is 4.31 Å².